The first-order valence-electron chi connectivity index (χ1n) is 5.88. The van der Waals surface area contributed by atoms with Gasteiger partial charge in [-0.3, -0.25) is 0 Å². The third-order valence-corrected chi connectivity index (χ3v) is 2.61. The van der Waals surface area contributed by atoms with Crippen LogP contribution in [0.2, 0.25) is 0 Å². The number of hydrogen-bond donors (Lipinski definition) is 2. The van der Waals surface area contributed by atoms with Gasteiger partial charge >= 0.3 is 5.97 Å². The number of carboxylic acids is 1. The summed E-state index contributed by atoms with van der Waals surface area (Å²) in [4.78, 5) is 11.0. The topological polar surface area (TPSA) is 81.8 Å². The number of ether oxygens (including phenoxy) is 2. The number of nitrogens with two attached hydrogens (primary N) is 1. The van der Waals surface area contributed by atoms with Crippen LogP contribution >= 0.6 is 0 Å². The van der Waals surface area contributed by atoms with Crippen molar-refractivity contribution in [2.24, 2.45) is 5.73 Å². The Hall–Kier alpha value is -1.75. The zero-order chi connectivity index (χ0) is 13.5. The van der Waals surface area contributed by atoms with Gasteiger partial charge in [0.2, 0.25) is 0 Å². The molecular formula is C13H19NO4. The molecule has 1 unspecified atom stereocenters. The van der Waals surface area contributed by atoms with Crippen LogP contribution in [-0.4, -0.2) is 30.8 Å². The first-order valence-corrected chi connectivity index (χ1v) is 5.88. The second kappa shape index (κ2) is 6.86. The monoisotopic (exact) mass is 253 g/mol. The molecule has 0 aromatic heterocycles. The molecule has 0 spiro atoms. The molecule has 1 atom stereocenters. The number of aryl methyl sites for hydroxylation is 1. The fraction of sp³-hybridized carbons (Fsp3) is 0.462. The highest BCUT2D eigenvalue weighted by molar-refractivity contribution is 5.73. The second-order valence-electron chi connectivity index (χ2n) is 3.86. The summed E-state index contributed by atoms with van der Waals surface area (Å²) in [5, 5.41) is 9.01. The molecule has 0 amide bonds. The smallest absolute Gasteiger partial charge is 0.344 e. The van der Waals surface area contributed by atoms with E-state index in [0.29, 0.717) is 11.5 Å². The number of hydrogen-bond acceptors (Lipinski definition) is 4. The van der Waals surface area contributed by atoms with Gasteiger partial charge in [-0.2, -0.15) is 0 Å². The minimum Gasteiger partial charge on any atom is -0.493 e. The molecule has 0 aliphatic carbocycles. The van der Waals surface area contributed by atoms with Crippen molar-refractivity contribution in [1.82, 2.24) is 0 Å². The highest BCUT2D eigenvalue weighted by atomic mass is 16.5. The van der Waals surface area contributed by atoms with Gasteiger partial charge in [-0.25, -0.2) is 4.79 Å². The molecule has 0 aliphatic rings. The average Bonchev–Trinajstić information content (AvgIpc) is 2.38. The number of rotatable bonds is 7. The quantitative estimate of drug-likeness (QED) is 0.768. The Kier molecular flexibility index (Phi) is 5.45. The zero-order valence-electron chi connectivity index (χ0n) is 10.7. The maximum absolute atomic E-state index is 11.0. The van der Waals surface area contributed by atoms with Gasteiger partial charge in [-0.05, 0) is 30.7 Å². The Bertz CT molecular complexity index is 406. The Labute approximate surface area is 107 Å². The van der Waals surface area contributed by atoms with Crippen LogP contribution in [0.15, 0.2) is 18.2 Å². The fourth-order valence-electron chi connectivity index (χ4n) is 1.57. The normalized spacial score (nSPS) is 11.9. The number of benzene rings is 1. The third-order valence-electron chi connectivity index (χ3n) is 2.61. The average molecular weight is 253 g/mol. The fourth-order valence-corrected chi connectivity index (χ4v) is 1.57. The van der Waals surface area contributed by atoms with Gasteiger partial charge in [-0.15, -0.1) is 0 Å². The van der Waals surface area contributed by atoms with Gasteiger partial charge in [0, 0.05) is 6.42 Å². The Morgan fingerprint density at radius 2 is 2.17 bits per heavy atom. The van der Waals surface area contributed by atoms with Crippen LogP contribution in [0.3, 0.4) is 0 Å². The molecule has 0 aliphatic heterocycles. The first-order chi connectivity index (χ1) is 8.62. The molecule has 18 heavy (non-hydrogen) atoms. The van der Waals surface area contributed by atoms with E-state index in [1.807, 2.05) is 19.1 Å². The molecule has 0 heterocycles. The van der Waals surface area contributed by atoms with E-state index in [1.54, 1.807) is 6.07 Å². The van der Waals surface area contributed by atoms with Gasteiger partial charge < -0.3 is 20.3 Å². The maximum Gasteiger partial charge on any atom is 0.344 e. The molecule has 5 nitrogen and oxygen atoms in total. The lowest BCUT2D eigenvalue weighted by Crippen LogP contribution is -2.29. The minimum atomic E-state index is -1.03. The molecule has 0 bridgehead atoms. The number of carboxylic acid groups (broad SMARTS) is 1. The summed E-state index contributed by atoms with van der Waals surface area (Å²) in [6.07, 6.45) is 0.187. The Morgan fingerprint density at radius 1 is 1.44 bits per heavy atom. The summed E-state index contributed by atoms with van der Waals surface area (Å²) in [5.41, 5.74) is 6.46. The van der Waals surface area contributed by atoms with Crippen LogP contribution in [0, 0.1) is 0 Å². The number of aliphatic carboxylic acids is 1. The Balaban J connectivity index is 2.91. The van der Waals surface area contributed by atoms with Crippen LogP contribution in [0.25, 0.3) is 0 Å². The van der Waals surface area contributed by atoms with Gasteiger partial charge in [0.25, 0.3) is 0 Å². The van der Waals surface area contributed by atoms with Crippen LogP contribution < -0.4 is 15.2 Å². The SMILES string of the molecule is CCc1ccc(OC(CCN)C(=O)O)c(OC)c1. The molecule has 1 aromatic carbocycles. The predicted octanol–water partition coefficient (Wildman–Crippen LogP) is 1.44. The Morgan fingerprint density at radius 3 is 2.67 bits per heavy atom. The van der Waals surface area contributed by atoms with Gasteiger partial charge in [0.1, 0.15) is 0 Å². The molecule has 1 rings (SSSR count). The standard InChI is InChI=1S/C13H19NO4/c1-3-9-4-5-10(12(8-9)17-2)18-11(6-7-14)13(15)16/h4-5,8,11H,3,6-7,14H2,1-2H3,(H,15,16). The zero-order valence-corrected chi connectivity index (χ0v) is 10.7. The van der Waals surface area contributed by atoms with Crippen molar-refractivity contribution in [3.8, 4) is 11.5 Å². The molecule has 5 heteroatoms. The van der Waals surface area contributed by atoms with Gasteiger partial charge in [0.15, 0.2) is 17.6 Å². The van der Waals surface area contributed by atoms with E-state index in [0.717, 1.165) is 12.0 Å². The third kappa shape index (κ3) is 3.63. The van der Waals surface area contributed by atoms with Crippen LogP contribution in [0.5, 0.6) is 11.5 Å². The lowest BCUT2D eigenvalue weighted by atomic mass is 10.1. The first kappa shape index (κ1) is 14.3. The molecule has 1 aromatic rings. The summed E-state index contributed by atoms with van der Waals surface area (Å²) in [6.45, 7) is 2.29. The van der Waals surface area contributed by atoms with E-state index in [4.69, 9.17) is 20.3 Å². The number of methoxy groups -OCH3 is 1. The van der Waals surface area contributed by atoms with Crippen molar-refractivity contribution in [1.29, 1.82) is 0 Å². The summed E-state index contributed by atoms with van der Waals surface area (Å²) < 4.78 is 10.6. The van der Waals surface area contributed by atoms with Crippen LogP contribution in [-0.2, 0) is 11.2 Å². The summed E-state index contributed by atoms with van der Waals surface area (Å²) in [6, 6.07) is 5.46. The van der Waals surface area contributed by atoms with E-state index in [9.17, 15) is 4.79 Å². The summed E-state index contributed by atoms with van der Waals surface area (Å²) in [5.74, 6) is -0.0600. The minimum absolute atomic E-state index is 0.256. The van der Waals surface area contributed by atoms with E-state index in [2.05, 4.69) is 0 Å². The highest BCUT2D eigenvalue weighted by Gasteiger charge is 2.20. The lowest BCUT2D eigenvalue weighted by Gasteiger charge is -2.17. The molecule has 0 saturated carbocycles. The lowest BCUT2D eigenvalue weighted by molar-refractivity contribution is -0.145. The van der Waals surface area contributed by atoms with Gasteiger partial charge in [0.05, 0.1) is 7.11 Å². The molecular weight excluding hydrogens is 234 g/mol. The molecule has 3 N–H and O–H groups in total. The van der Waals surface area contributed by atoms with Crippen molar-refractivity contribution in [3.63, 3.8) is 0 Å². The van der Waals surface area contributed by atoms with Crippen molar-refractivity contribution in [2.75, 3.05) is 13.7 Å². The van der Waals surface area contributed by atoms with E-state index in [1.165, 1.54) is 7.11 Å². The summed E-state index contributed by atoms with van der Waals surface area (Å²) >= 11 is 0. The van der Waals surface area contributed by atoms with Gasteiger partial charge in [-0.1, -0.05) is 13.0 Å². The molecule has 0 radical (unpaired) electrons. The van der Waals surface area contributed by atoms with Crippen molar-refractivity contribution in [2.45, 2.75) is 25.9 Å². The highest BCUT2D eigenvalue weighted by Crippen LogP contribution is 2.29. The van der Waals surface area contributed by atoms with Crippen molar-refractivity contribution >= 4 is 5.97 Å². The van der Waals surface area contributed by atoms with E-state index < -0.39 is 12.1 Å². The van der Waals surface area contributed by atoms with E-state index in [-0.39, 0.29) is 13.0 Å². The molecule has 0 fully saturated rings. The summed E-state index contributed by atoms with van der Waals surface area (Å²) in [7, 11) is 1.53. The predicted molar refractivity (Wildman–Crippen MR) is 68.1 cm³/mol. The largest absolute Gasteiger partial charge is 0.493 e. The van der Waals surface area contributed by atoms with E-state index >= 15 is 0 Å². The number of carbonyl (C=O) groups is 1. The van der Waals surface area contributed by atoms with Crippen LogP contribution in [0.1, 0.15) is 18.9 Å². The molecule has 100 valence electrons. The molecule has 0 saturated heterocycles. The van der Waals surface area contributed by atoms with Crippen molar-refractivity contribution < 1.29 is 19.4 Å². The van der Waals surface area contributed by atoms with Crippen molar-refractivity contribution in [3.05, 3.63) is 23.8 Å². The second-order valence-corrected chi connectivity index (χ2v) is 3.86. The van der Waals surface area contributed by atoms with Crippen LogP contribution in [0.4, 0.5) is 0 Å². The maximum atomic E-state index is 11.0.